The van der Waals surface area contributed by atoms with Crippen molar-refractivity contribution in [3.05, 3.63) is 29.8 Å². The number of amidine groups is 1. The number of hydrogen-bond acceptors (Lipinski definition) is 6. The topological polar surface area (TPSA) is 109 Å². The minimum absolute atomic E-state index is 0.00629. The van der Waals surface area contributed by atoms with E-state index in [2.05, 4.69) is 4.90 Å². The molecule has 1 amide bonds. The zero-order chi connectivity index (χ0) is 21.2. The number of nitrogen functional groups attached to an aromatic ring is 1. The van der Waals surface area contributed by atoms with Crippen LogP contribution in [0.4, 0.5) is 10.5 Å². The van der Waals surface area contributed by atoms with Crippen molar-refractivity contribution in [2.24, 2.45) is 11.7 Å². The number of rotatable bonds is 5. The highest BCUT2D eigenvalue weighted by molar-refractivity contribution is 5.96. The van der Waals surface area contributed by atoms with Gasteiger partial charge in [-0.25, -0.2) is 4.79 Å². The van der Waals surface area contributed by atoms with Crippen molar-refractivity contribution in [3.8, 4) is 0 Å². The summed E-state index contributed by atoms with van der Waals surface area (Å²) in [4.78, 5) is 28.3. The van der Waals surface area contributed by atoms with E-state index in [0.717, 1.165) is 31.6 Å². The summed E-state index contributed by atoms with van der Waals surface area (Å²) in [6, 6.07) is 6.98. The highest BCUT2D eigenvalue weighted by Gasteiger charge is 2.35. The molecule has 2 fully saturated rings. The average molecular weight is 402 g/mol. The van der Waals surface area contributed by atoms with Crippen molar-refractivity contribution >= 4 is 23.6 Å². The van der Waals surface area contributed by atoms with Gasteiger partial charge in [-0.3, -0.25) is 20.0 Å². The lowest BCUT2D eigenvalue weighted by molar-refractivity contribution is -0.161. The maximum Gasteiger partial charge on any atom is 0.414 e. The van der Waals surface area contributed by atoms with Crippen LogP contribution in [0.15, 0.2) is 24.3 Å². The number of likely N-dealkylation sites (tertiary alicyclic amines) is 1. The molecule has 8 heteroatoms. The van der Waals surface area contributed by atoms with E-state index in [1.807, 2.05) is 20.8 Å². The molecular weight excluding hydrogens is 372 g/mol. The van der Waals surface area contributed by atoms with Crippen LogP contribution in [0.5, 0.6) is 0 Å². The van der Waals surface area contributed by atoms with Crippen LogP contribution < -0.4 is 10.6 Å². The van der Waals surface area contributed by atoms with E-state index < -0.39 is 5.60 Å². The summed E-state index contributed by atoms with van der Waals surface area (Å²) in [5, 5.41) is 7.45. The molecule has 29 heavy (non-hydrogen) atoms. The van der Waals surface area contributed by atoms with E-state index in [4.69, 9.17) is 20.6 Å². The summed E-state index contributed by atoms with van der Waals surface area (Å²) in [6.45, 7) is 8.34. The first-order valence-corrected chi connectivity index (χ1v) is 10.0. The number of amides is 1. The summed E-state index contributed by atoms with van der Waals surface area (Å²) in [7, 11) is 0. The number of carbonyl (C=O) groups excluding carboxylic acids is 2. The van der Waals surface area contributed by atoms with E-state index in [-0.39, 0.29) is 29.9 Å². The maximum absolute atomic E-state index is 12.3. The Hall–Kier alpha value is -2.61. The molecule has 3 N–H and O–H groups in total. The molecule has 1 aromatic carbocycles. The molecule has 2 saturated heterocycles. The van der Waals surface area contributed by atoms with Crippen LogP contribution >= 0.6 is 0 Å². The van der Waals surface area contributed by atoms with E-state index in [9.17, 15) is 9.59 Å². The summed E-state index contributed by atoms with van der Waals surface area (Å²) in [6.07, 6.45) is 0.930. The average Bonchev–Trinajstić information content (AvgIpc) is 3.01. The molecule has 0 spiro atoms. The fraction of sp³-hybridized carbons (Fsp3) is 0.571. The molecule has 0 bridgehead atoms. The molecule has 0 radical (unpaired) electrons. The maximum atomic E-state index is 12.3. The lowest BCUT2D eigenvalue weighted by Gasteiger charge is -2.33. The van der Waals surface area contributed by atoms with Gasteiger partial charge in [0, 0.05) is 17.8 Å². The highest BCUT2D eigenvalue weighted by atomic mass is 16.6. The standard InChI is InChI=1S/C21H30N4O4/c1-21(2,3)29-19(26)15-8-10-24(11-9-15)12-17-13-25(20(27)28-17)16-6-4-14(5-7-16)18(22)23/h4-7,15,17H,8-13H2,1-3H3,(H3,22,23)/t17-/m1/s1. The van der Waals surface area contributed by atoms with Crippen molar-refractivity contribution in [1.29, 1.82) is 5.41 Å². The van der Waals surface area contributed by atoms with Gasteiger partial charge in [-0.15, -0.1) is 0 Å². The quantitative estimate of drug-likeness (QED) is 0.445. The first-order valence-electron chi connectivity index (χ1n) is 10.0. The van der Waals surface area contributed by atoms with Crippen LogP contribution in [0.2, 0.25) is 0 Å². The second-order valence-corrected chi connectivity index (χ2v) is 8.69. The van der Waals surface area contributed by atoms with Crippen molar-refractivity contribution in [3.63, 3.8) is 0 Å². The van der Waals surface area contributed by atoms with Crippen molar-refractivity contribution in [2.45, 2.75) is 45.3 Å². The number of anilines is 1. The van der Waals surface area contributed by atoms with Crippen molar-refractivity contribution in [1.82, 2.24) is 4.90 Å². The van der Waals surface area contributed by atoms with Gasteiger partial charge >= 0.3 is 12.1 Å². The van der Waals surface area contributed by atoms with E-state index in [1.165, 1.54) is 0 Å². The Morgan fingerprint density at radius 3 is 2.41 bits per heavy atom. The van der Waals surface area contributed by atoms with Gasteiger partial charge in [0.25, 0.3) is 0 Å². The van der Waals surface area contributed by atoms with E-state index in [1.54, 1.807) is 29.2 Å². The van der Waals surface area contributed by atoms with Crippen molar-refractivity contribution in [2.75, 3.05) is 31.1 Å². The summed E-state index contributed by atoms with van der Waals surface area (Å²) < 4.78 is 11.0. The Balaban J connectivity index is 1.49. The highest BCUT2D eigenvalue weighted by Crippen LogP contribution is 2.25. The molecule has 0 aromatic heterocycles. The van der Waals surface area contributed by atoms with Gasteiger partial charge in [0.15, 0.2) is 0 Å². The van der Waals surface area contributed by atoms with Gasteiger partial charge in [0.2, 0.25) is 0 Å². The van der Waals surface area contributed by atoms with Gasteiger partial charge in [-0.1, -0.05) is 0 Å². The third-order valence-electron chi connectivity index (χ3n) is 5.15. The van der Waals surface area contributed by atoms with Gasteiger partial charge in [-0.2, -0.15) is 0 Å². The monoisotopic (exact) mass is 402 g/mol. The Morgan fingerprint density at radius 1 is 1.24 bits per heavy atom. The smallest absolute Gasteiger partial charge is 0.414 e. The van der Waals surface area contributed by atoms with Gasteiger partial charge in [-0.05, 0) is 71.0 Å². The van der Waals surface area contributed by atoms with Gasteiger partial charge in [0.05, 0.1) is 12.5 Å². The Bertz CT molecular complexity index is 764. The number of hydrogen-bond donors (Lipinski definition) is 2. The van der Waals surface area contributed by atoms with Crippen molar-refractivity contribution < 1.29 is 19.1 Å². The van der Waals surface area contributed by atoms with Gasteiger partial charge < -0.3 is 15.2 Å². The minimum Gasteiger partial charge on any atom is -0.460 e. The number of nitrogens with zero attached hydrogens (tertiary/aromatic N) is 2. The number of ether oxygens (including phenoxy) is 2. The van der Waals surface area contributed by atoms with Crippen LogP contribution in [-0.2, 0) is 14.3 Å². The number of nitrogens with one attached hydrogen (secondary N) is 1. The Labute approximate surface area is 171 Å². The first kappa shape index (κ1) is 21.1. The third kappa shape index (κ3) is 5.47. The second-order valence-electron chi connectivity index (χ2n) is 8.69. The fourth-order valence-corrected chi connectivity index (χ4v) is 3.67. The number of nitrogens with two attached hydrogens (primary N) is 1. The summed E-state index contributed by atoms with van der Waals surface area (Å²) in [5.41, 5.74) is 6.36. The SMILES string of the molecule is CC(C)(C)OC(=O)C1CCN(C[C@@H]2CN(c3ccc(C(=N)N)cc3)C(=O)O2)CC1. The molecular formula is C21H30N4O4. The number of carbonyl (C=O) groups is 2. The molecule has 2 aliphatic rings. The minimum atomic E-state index is -0.460. The van der Waals surface area contributed by atoms with Crippen LogP contribution in [0, 0.1) is 11.3 Å². The predicted molar refractivity (Wildman–Crippen MR) is 110 cm³/mol. The number of cyclic esters (lactones) is 1. The van der Waals surface area contributed by atoms with Crippen LogP contribution in [-0.4, -0.2) is 60.7 Å². The zero-order valence-electron chi connectivity index (χ0n) is 17.3. The predicted octanol–water partition coefficient (Wildman–Crippen LogP) is 2.35. The normalized spacial score (nSPS) is 21.1. The molecule has 2 aliphatic heterocycles. The molecule has 1 aromatic rings. The van der Waals surface area contributed by atoms with E-state index in [0.29, 0.717) is 18.7 Å². The summed E-state index contributed by atoms with van der Waals surface area (Å²) in [5.74, 6) is -0.189. The molecule has 0 unspecified atom stereocenters. The Kier molecular flexibility index (Phi) is 6.12. The number of esters is 1. The largest absolute Gasteiger partial charge is 0.460 e. The molecule has 2 heterocycles. The third-order valence-corrected chi connectivity index (χ3v) is 5.15. The summed E-state index contributed by atoms with van der Waals surface area (Å²) >= 11 is 0. The first-order chi connectivity index (χ1) is 13.6. The van der Waals surface area contributed by atoms with Crippen LogP contribution in [0.3, 0.4) is 0 Å². The zero-order valence-corrected chi connectivity index (χ0v) is 17.3. The number of benzene rings is 1. The molecule has 0 aliphatic carbocycles. The number of piperidine rings is 1. The second kappa shape index (κ2) is 8.41. The van der Waals surface area contributed by atoms with Crippen LogP contribution in [0.1, 0.15) is 39.2 Å². The molecule has 0 saturated carbocycles. The van der Waals surface area contributed by atoms with E-state index >= 15 is 0 Å². The lowest BCUT2D eigenvalue weighted by Crippen LogP contribution is -2.42. The fourth-order valence-electron chi connectivity index (χ4n) is 3.67. The van der Waals surface area contributed by atoms with Gasteiger partial charge in [0.1, 0.15) is 17.5 Å². The lowest BCUT2D eigenvalue weighted by atomic mass is 9.96. The molecule has 8 nitrogen and oxygen atoms in total. The Morgan fingerprint density at radius 2 is 1.86 bits per heavy atom. The van der Waals surface area contributed by atoms with Crippen LogP contribution in [0.25, 0.3) is 0 Å². The molecule has 1 atom stereocenters. The molecule has 158 valence electrons. The molecule has 3 rings (SSSR count).